The molecule has 1 fully saturated rings. The number of phenolic OH excluding ortho intramolecular Hbond substituents is 1. The fourth-order valence-corrected chi connectivity index (χ4v) is 3.72. The lowest BCUT2D eigenvalue weighted by Gasteiger charge is -2.35. The van der Waals surface area contributed by atoms with Crippen molar-refractivity contribution in [2.45, 2.75) is 20.0 Å². The molecule has 4 rings (SSSR count). The Morgan fingerprint density at radius 3 is 2.22 bits per heavy atom. The molecule has 0 aliphatic carbocycles. The van der Waals surface area contributed by atoms with Crippen LogP contribution in [0.4, 0.5) is 0 Å². The standard InChI is InChI=1S/C21H26N2O4/c1-15-3-4-19(25-2)17(9-15)13-23-7-5-22(6-8-23)12-16-10-20-21(11-18(16)24)27-14-26-20/h3-4,9-11,24H,5-8,12-14H2,1-2H3. The summed E-state index contributed by atoms with van der Waals surface area (Å²) in [5, 5.41) is 10.2. The predicted molar refractivity (Wildman–Crippen MR) is 103 cm³/mol. The fourth-order valence-electron chi connectivity index (χ4n) is 3.72. The summed E-state index contributed by atoms with van der Waals surface area (Å²) in [6.45, 7) is 7.84. The molecule has 2 heterocycles. The highest BCUT2D eigenvalue weighted by Gasteiger charge is 2.22. The molecule has 0 saturated carbocycles. The van der Waals surface area contributed by atoms with E-state index in [1.807, 2.05) is 12.1 Å². The Balaban J connectivity index is 1.35. The molecule has 2 aliphatic heterocycles. The first-order chi connectivity index (χ1) is 13.1. The number of phenols is 1. The number of methoxy groups -OCH3 is 1. The molecule has 144 valence electrons. The van der Waals surface area contributed by atoms with Crippen LogP contribution < -0.4 is 14.2 Å². The summed E-state index contributed by atoms with van der Waals surface area (Å²) < 4.78 is 16.2. The van der Waals surface area contributed by atoms with Gasteiger partial charge in [-0.15, -0.1) is 0 Å². The van der Waals surface area contributed by atoms with Crippen LogP contribution >= 0.6 is 0 Å². The highest BCUT2D eigenvalue weighted by Crippen LogP contribution is 2.38. The molecule has 6 nitrogen and oxygen atoms in total. The molecule has 6 heteroatoms. The zero-order valence-corrected chi connectivity index (χ0v) is 15.9. The fraction of sp³-hybridized carbons (Fsp3) is 0.429. The van der Waals surface area contributed by atoms with Gasteiger partial charge in [0.25, 0.3) is 0 Å². The number of fused-ring (bicyclic) bond motifs is 1. The van der Waals surface area contributed by atoms with Crippen LogP contribution in [0.3, 0.4) is 0 Å². The Hall–Kier alpha value is -2.44. The average Bonchev–Trinajstić information content (AvgIpc) is 3.11. The van der Waals surface area contributed by atoms with Gasteiger partial charge in [-0.3, -0.25) is 9.80 Å². The number of nitrogens with zero attached hydrogens (tertiary/aromatic N) is 2. The summed E-state index contributed by atoms with van der Waals surface area (Å²) in [6, 6.07) is 9.87. The first-order valence-corrected chi connectivity index (χ1v) is 9.32. The zero-order chi connectivity index (χ0) is 18.8. The average molecular weight is 370 g/mol. The minimum absolute atomic E-state index is 0.222. The zero-order valence-electron chi connectivity index (χ0n) is 15.9. The summed E-state index contributed by atoms with van der Waals surface area (Å²) in [5.74, 6) is 2.56. The van der Waals surface area contributed by atoms with E-state index < -0.39 is 0 Å². The first kappa shape index (κ1) is 17.9. The highest BCUT2D eigenvalue weighted by atomic mass is 16.7. The van der Waals surface area contributed by atoms with Gasteiger partial charge in [-0.2, -0.15) is 0 Å². The van der Waals surface area contributed by atoms with E-state index >= 15 is 0 Å². The number of aromatic hydroxyl groups is 1. The lowest BCUT2D eigenvalue weighted by atomic mass is 10.1. The number of hydrogen-bond acceptors (Lipinski definition) is 6. The van der Waals surface area contributed by atoms with Gasteiger partial charge in [0.05, 0.1) is 7.11 Å². The Kier molecular flexibility index (Phi) is 5.09. The molecule has 0 unspecified atom stereocenters. The van der Waals surface area contributed by atoms with E-state index in [1.54, 1.807) is 13.2 Å². The van der Waals surface area contributed by atoms with Crippen molar-refractivity contribution in [2.75, 3.05) is 40.1 Å². The lowest BCUT2D eigenvalue weighted by molar-refractivity contribution is 0.120. The number of rotatable bonds is 5. The van der Waals surface area contributed by atoms with Gasteiger partial charge < -0.3 is 19.3 Å². The predicted octanol–water partition coefficient (Wildman–Crippen LogP) is 2.76. The molecule has 27 heavy (non-hydrogen) atoms. The van der Waals surface area contributed by atoms with Crippen molar-refractivity contribution >= 4 is 0 Å². The summed E-state index contributed by atoms with van der Waals surface area (Å²) in [5.41, 5.74) is 3.37. The van der Waals surface area contributed by atoms with E-state index in [1.165, 1.54) is 11.1 Å². The van der Waals surface area contributed by atoms with Gasteiger partial charge >= 0.3 is 0 Å². The van der Waals surface area contributed by atoms with Crippen LogP contribution in [0.5, 0.6) is 23.0 Å². The van der Waals surface area contributed by atoms with Crippen molar-refractivity contribution in [3.05, 3.63) is 47.0 Å². The van der Waals surface area contributed by atoms with E-state index in [0.717, 1.165) is 44.0 Å². The van der Waals surface area contributed by atoms with Gasteiger partial charge in [0, 0.05) is 56.5 Å². The van der Waals surface area contributed by atoms with Gasteiger partial charge in [0.15, 0.2) is 11.5 Å². The largest absolute Gasteiger partial charge is 0.507 e. The van der Waals surface area contributed by atoms with E-state index in [0.29, 0.717) is 18.0 Å². The third-order valence-electron chi connectivity index (χ3n) is 5.26. The molecule has 0 spiro atoms. The van der Waals surface area contributed by atoms with Crippen molar-refractivity contribution in [3.63, 3.8) is 0 Å². The molecular weight excluding hydrogens is 344 g/mol. The third-order valence-corrected chi connectivity index (χ3v) is 5.26. The normalized spacial score (nSPS) is 17.3. The van der Waals surface area contributed by atoms with Crippen LogP contribution in [-0.4, -0.2) is 55.0 Å². The van der Waals surface area contributed by atoms with Crippen LogP contribution in [-0.2, 0) is 13.1 Å². The van der Waals surface area contributed by atoms with Gasteiger partial charge in [-0.1, -0.05) is 17.7 Å². The molecular formula is C21H26N2O4. The Morgan fingerprint density at radius 2 is 1.56 bits per heavy atom. The van der Waals surface area contributed by atoms with Crippen molar-refractivity contribution in [2.24, 2.45) is 0 Å². The van der Waals surface area contributed by atoms with Gasteiger partial charge in [0.2, 0.25) is 6.79 Å². The summed E-state index contributed by atoms with van der Waals surface area (Å²) in [6.07, 6.45) is 0. The molecule has 1 N–H and O–H groups in total. The number of hydrogen-bond donors (Lipinski definition) is 1. The van der Waals surface area contributed by atoms with Crippen LogP contribution in [0.1, 0.15) is 16.7 Å². The lowest BCUT2D eigenvalue weighted by Crippen LogP contribution is -2.45. The first-order valence-electron chi connectivity index (χ1n) is 9.32. The quantitative estimate of drug-likeness (QED) is 0.874. The highest BCUT2D eigenvalue weighted by molar-refractivity contribution is 5.51. The number of ether oxygens (including phenoxy) is 3. The van der Waals surface area contributed by atoms with Gasteiger partial charge in [-0.05, 0) is 19.1 Å². The Labute approximate surface area is 159 Å². The molecule has 0 atom stereocenters. The topological polar surface area (TPSA) is 54.4 Å². The second kappa shape index (κ2) is 7.66. The molecule has 2 aliphatic rings. The van der Waals surface area contributed by atoms with Crippen molar-refractivity contribution in [1.82, 2.24) is 9.80 Å². The van der Waals surface area contributed by atoms with Crippen LogP contribution in [0.15, 0.2) is 30.3 Å². The number of benzene rings is 2. The van der Waals surface area contributed by atoms with E-state index in [4.69, 9.17) is 14.2 Å². The molecule has 2 aromatic rings. The molecule has 0 aromatic heterocycles. The van der Waals surface area contributed by atoms with E-state index in [9.17, 15) is 5.11 Å². The Morgan fingerprint density at radius 1 is 0.926 bits per heavy atom. The van der Waals surface area contributed by atoms with Crippen LogP contribution in [0.25, 0.3) is 0 Å². The third kappa shape index (κ3) is 3.96. The van der Waals surface area contributed by atoms with Gasteiger partial charge in [-0.25, -0.2) is 0 Å². The molecule has 0 bridgehead atoms. The van der Waals surface area contributed by atoms with E-state index in [-0.39, 0.29) is 12.5 Å². The maximum Gasteiger partial charge on any atom is 0.231 e. The second-order valence-corrected chi connectivity index (χ2v) is 7.20. The number of piperazine rings is 1. The minimum Gasteiger partial charge on any atom is -0.507 e. The molecule has 2 aromatic carbocycles. The van der Waals surface area contributed by atoms with Crippen molar-refractivity contribution in [3.8, 4) is 23.0 Å². The summed E-state index contributed by atoms with van der Waals surface area (Å²) >= 11 is 0. The van der Waals surface area contributed by atoms with Crippen LogP contribution in [0.2, 0.25) is 0 Å². The van der Waals surface area contributed by atoms with Crippen LogP contribution in [0, 0.1) is 6.92 Å². The SMILES string of the molecule is COc1ccc(C)cc1CN1CCN(Cc2cc3c(cc2O)OCO3)CC1. The number of aryl methyl sites for hydroxylation is 1. The van der Waals surface area contributed by atoms with Crippen molar-refractivity contribution < 1.29 is 19.3 Å². The Bertz CT molecular complexity index is 816. The minimum atomic E-state index is 0.222. The van der Waals surface area contributed by atoms with Gasteiger partial charge in [0.1, 0.15) is 11.5 Å². The maximum atomic E-state index is 10.2. The summed E-state index contributed by atoms with van der Waals surface area (Å²) in [4.78, 5) is 4.81. The molecule has 0 radical (unpaired) electrons. The van der Waals surface area contributed by atoms with E-state index in [2.05, 4.69) is 28.9 Å². The maximum absolute atomic E-state index is 10.2. The van der Waals surface area contributed by atoms with Crippen molar-refractivity contribution in [1.29, 1.82) is 0 Å². The molecule has 1 saturated heterocycles. The smallest absolute Gasteiger partial charge is 0.231 e. The molecule has 0 amide bonds. The summed E-state index contributed by atoms with van der Waals surface area (Å²) in [7, 11) is 1.73. The second-order valence-electron chi connectivity index (χ2n) is 7.20. The monoisotopic (exact) mass is 370 g/mol.